The highest BCUT2D eigenvalue weighted by molar-refractivity contribution is 6.14. The zero-order chi connectivity index (χ0) is 23.9. The number of hydrogen-bond donors (Lipinski definition) is 0. The maximum absolute atomic E-state index is 15.9. The van der Waals surface area contributed by atoms with Crippen LogP contribution in [0.3, 0.4) is 0 Å². The van der Waals surface area contributed by atoms with E-state index in [0.717, 1.165) is 11.1 Å². The van der Waals surface area contributed by atoms with Gasteiger partial charge in [0, 0.05) is 28.8 Å². The Hall–Kier alpha value is -3.87. The highest BCUT2D eigenvalue weighted by atomic mass is 19.1. The van der Waals surface area contributed by atoms with Gasteiger partial charge in [-0.1, -0.05) is 60.7 Å². The number of aliphatic imine (C=N–C) groups is 1. The van der Waals surface area contributed by atoms with Crippen LogP contribution in [0.1, 0.15) is 33.5 Å². The number of carbonyl (C=O) groups excluding carboxylic acids is 2. The van der Waals surface area contributed by atoms with Gasteiger partial charge < -0.3 is 9.64 Å². The number of ether oxygens (including phenoxy) is 1. The minimum absolute atomic E-state index is 0.0362. The maximum Gasteiger partial charge on any atom is 0.325 e. The van der Waals surface area contributed by atoms with Crippen LogP contribution in [0.15, 0.2) is 77.8 Å². The molecule has 2 atom stereocenters. The van der Waals surface area contributed by atoms with Gasteiger partial charge in [0.1, 0.15) is 12.7 Å². The van der Waals surface area contributed by atoms with E-state index in [4.69, 9.17) is 0 Å². The molecule has 7 heteroatoms. The van der Waals surface area contributed by atoms with Crippen molar-refractivity contribution >= 4 is 23.3 Å². The monoisotopic (exact) mass is 460 g/mol. The van der Waals surface area contributed by atoms with Crippen LogP contribution in [0.4, 0.5) is 14.5 Å². The average molecular weight is 460 g/mol. The summed E-state index contributed by atoms with van der Waals surface area (Å²) in [7, 11) is 1.22. The molecule has 1 saturated carbocycles. The van der Waals surface area contributed by atoms with E-state index in [1.54, 1.807) is 0 Å². The van der Waals surface area contributed by atoms with Crippen LogP contribution >= 0.6 is 0 Å². The molecule has 1 aliphatic carbocycles. The van der Waals surface area contributed by atoms with Gasteiger partial charge >= 0.3 is 5.97 Å². The zero-order valence-electron chi connectivity index (χ0n) is 18.5. The second-order valence-corrected chi connectivity index (χ2v) is 8.58. The van der Waals surface area contributed by atoms with Gasteiger partial charge in [-0.3, -0.25) is 9.59 Å². The summed E-state index contributed by atoms with van der Waals surface area (Å²) < 4.78 is 35.3. The molecule has 1 fully saturated rings. The lowest BCUT2D eigenvalue weighted by molar-refractivity contribution is -0.141. The molecule has 0 bridgehead atoms. The van der Waals surface area contributed by atoms with Crippen LogP contribution in [0.25, 0.3) is 0 Å². The summed E-state index contributed by atoms with van der Waals surface area (Å²) in [4.78, 5) is 30.7. The minimum Gasteiger partial charge on any atom is -0.468 e. The minimum atomic E-state index is -1.31. The predicted molar refractivity (Wildman–Crippen MR) is 124 cm³/mol. The number of amides is 1. The highest BCUT2D eigenvalue weighted by Gasteiger charge is 2.62. The molecular formula is C27H22F2N2O3. The molecule has 1 heterocycles. The highest BCUT2D eigenvalue weighted by Crippen LogP contribution is 2.56. The van der Waals surface area contributed by atoms with Crippen LogP contribution in [0.2, 0.25) is 0 Å². The Morgan fingerprint density at radius 3 is 2.18 bits per heavy atom. The zero-order valence-corrected chi connectivity index (χ0v) is 18.5. The van der Waals surface area contributed by atoms with Gasteiger partial charge in [-0.05, 0) is 18.6 Å². The summed E-state index contributed by atoms with van der Waals surface area (Å²) in [6, 6.07) is 21.7. The number of alkyl halides is 1. The second-order valence-electron chi connectivity index (χ2n) is 8.58. The van der Waals surface area contributed by atoms with Gasteiger partial charge in [0.05, 0.1) is 23.9 Å². The van der Waals surface area contributed by atoms with E-state index >= 15 is 4.39 Å². The summed E-state index contributed by atoms with van der Waals surface area (Å²) in [5.41, 5.74) is 1.14. The van der Waals surface area contributed by atoms with E-state index < -0.39 is 29.3 Å². The number of halogens is 2. The summed E-state index contributed by atoms with van der Waals surface area (Å²) in [5.74, 6) is -1.83. The van der Waals surface area contributed by atoms with Gasteiger partial charge in [-0.25, -0.2) is 13.8 Å². The van der Waals surface area contributed by atoms with Crippen LogP contribution in [-0.2, 0) is 14.9 Å². The molecule has 3 aromatic carbocycles. The van der Waals surface area contributed by atoms with Crippen LogP contribution in [0, 0.1) is 5.82 Å². The third-order valence-corrected chi connectivity index (χ3v) is 6.47. The Balaban J connectivity index is 1.63. The number of methoxy groups -OCH3 is 1. The lowest BCUT2D eigenvalue weighted by Gasteiger charge is -2.34. The van der Waals surface area contributed by atoms with E-state index in [-0.39, 0.29) is 36.3 Å². The van der Waals surface area contributed by atoms with E-state index in [0.29, 0.717) is 5.71 Å². The smallest absolute Gasteiger partial charge is 0.325 e. The van der Waals surface area contributed by atoms with E-state index in [1.807, 2.05) is 60.7 Å². The topological polar surface area (TPSA) is 59.0 Å². The van der Waals surface area contributed by atoms with Crippen LogP contribution in [0.5, 0.6) is 0 Å². The fourth-order valence-electron chi connectivity index (χ4n) is 4.62. The first-order valence-corrected chi connectivity index (χ1v) is 11.0. The van der Waals surface area contributed by atoms with Crippen LogP contribution < -0.4 is 0 Å². The Kier molecular flexibility index (Phi) is 5.48. The summed E-state index contributed by atoms with van der Waals surface area (Å²) in [6.45, 7) is -0.389. The lowest BCUT2D eigenvalue weighted by atomic mass is 9.85. The van der Waals surface area contributed by atoms with Crippen molar-refractivity contribution < 1.29 is 23.1 Å². The third kappa shape index (κ3) is 3.67. The van der Waals surface area contributed by atoms with Crippen molar-refractivity contribution in [3.05, 3.63) is 101 Å². The van der Waals surface area contributed by atoms with E-state index in [9.17, 15) is 14.0 Å². The number of hydrogen-bond acceptors (Lipinski definition) is 4. The summed E-state index contributed by atoms with van der Waals surface area (Å²) in [5, 5.41) is 0. The molecule has 0 radical (unpaired) electrons. The first-order valence-electron chi connectivity index (χ1n) is 11.0. The van der Waals surface area contributed by atoms with Crippen molar-refractivity contribution in [1.29, 1.82) is 0 Å². The number of carbonyl (C=O) groups is 2. The molecule has 5 rings (SSSR count). The van der Waals surface area contributed by atoms with Crippen molar-refractivity contribution in [3.63, 3.8) is 0 Å². The van der Waals surface area contributed by atoms with Crippen molar-refractivity contribution in [1.82, 2.24) is 4.90 Å². The molecule has 0 saturated heterocycles. The first kappa shape index (κ1) is 21.9. The molecular weight excluding hydrogens is 438 g/mol. The molecule has 2 unspecified atom stereocenters. The largest absolute Gasteiger partial charge is 0.468 e. The third-order valence-electron chi connectivity index (χ3n) is 6.47. The Labute approximate surface area is 195 Å². The lowest BCUT2D eigenvalue weighted by Crippen LogP contribution is -2.47. The molecule has 3 aromatic rings. The summed E-state index contributed by atoms with van der Waals surface area (Å²) in [6.07, 6.45) is -1.23. The number of rotatable bonds is 5. The average Bonchev–Trinajstić information content (AvgIpc) is 3.50. The molecule has 1 amide bonds. The molecule has 1 aliphatic heterocycles. The molecule has 172 valence electrons. The van der Waals surface area contributed by atoms with Crippen molar-refractivity contribution in [2.24, 2.45) is 4.99 Å². The van der Waals surface area contributed by atoms with Gasteiger partial charge in [0.15, 0.2) is 5.82 Å². The van der Waals surface area contributed by atoms with E-state index in [2.05, 4.69) is 9.73 Å². The van der Waals surface area contributed by atoms with E-state index in [1.165, 1.54) is 24.1 Å². The Morgan fingerprint density at radius 1 is 1.06 bits per heavy atom. The molecule has 0 aromatic heterocycles. The first-order chi connectivity index (χ1) is 16.4. The SMILES string of the molecule is COC(=O)CN1CC2(CC2F)c2c(ccc(N=C(c3ccccc3)c3ccccc3)c2F)C1=O. The van der Waals surface area contributed by atoms with Crippen molar-refractivity contribution in [2.75, 3.05) is 20.2 Å². The van der Waals surface area contributed by atoms with Gasteiger partial charge in [0.2, 0.25) is 0 Å². The molecule has 2 aliphatic rings. The molecule has 0 N–H and O–H groups in total. The fourth-order valence-corrected chi connectivity index (χ4v) is 4.62. The van der Waals surface area contributed by atoms with Gasteiger partial charge in [-0.15, -0.1) is 0 Å². The predicted octanol–water partition coefficient (Wildman–Crippen LogP) is 4.60. The maximum atomic E-state index is 15.9. The Bertz CT molecular complexity index is 1250. The van der Waals surface area contributed by atoms with Gasteiger partial charge in [0.25, 0.3) is 5.91 Å². The standard InChI is InChI=1S/C27H22F2N2O3/c1-34-22(32)15-31-16-27(14-21(27)28)23-19(26(31)33)12-13-20(24(23)29)30-25(17-8-4-2-5-9-17)18-10-6-3-7-11-18/h2-13,21H,14-16H2,1H3. The van der Waals surface area contributed by atoms with Crippen molar-refractivity contribution in [2.45, 2.75) is 18.0 Å². The fraction of sp³-hybridized carbons (Fsp3) is 0.222. The number of esters is 1. The number of benzene rings is 3. The number of fused-ring (bicyclic) bond motifs is 2. The normalized spacial score (nSPS) is 20.6. The molecule has 34 heavy (non-hydrogen) atoms. The summed E-state index contributed by atoms with van der Waals surface area (Å²) >= 11 is 0. The Morgan fingerprint density at radius 2 is 1.65 bits per heavy atom. The number of nitrogens with zero attached hydrogens (tertiary/aromatic N) is 2. The quantitative estimate of drug-likeness (QED) is 0.413. The molecule has 1 spiro atoms. The second kappa shape index (κ2) is 8.48. The van der Waals surface area contributed by atoms with Gasteiger partial charge in [-0.2, -0.15) is 0 Å². The van der Waals surface area contributed by atoms with Crippen LogP contribution in [-0.4, -0.2) is 48.9 Å². The molecule has 5 nitrogen and oxygen atoms in total. The van der Waals surface area contributed by atoms with Crippen molar-refractivity contribution in [3.8, 4) is 0 Å².